The molecule has 2 N–H and O–H groups in total. The summed E-state index contributed by atoms with van der Waals surface area (Å²) in [6.07, 6.45) is 9.49. The highest BCUT2D eigenvalue weighted by molar-refractivity contribution is 6.03. The summed E-state index contributed by atoms with van der Waals surface area (Å²) in [6, 6.07) is 17.3. The number of halogens is 3. The molecule has 14 heteroatoms. The second-order valence-corrected chi connectivity index (χ2v) is 15.4. The third kappa shape index (κ3) is 8.95. The lowest BCUT2D eigenvalue weighted by Crippen LogP contribution is -2.40. The average molecular weight is 796 g/mol. The van der Waals surface area contributed by atoms with E-state index in [4.69, 9.17) is 0 Å². The van der Waals surface area contributed by atoms with Crippen LogP contribution in [0, 0.1) is 17.5 Å². The Morgan fingerprint density at radius 3 is 2.21 bits per heavy atom. The molecule has 0 bridgehead atoms. The minimum absolute atomic E-state index is 0.0462. The van der Waals surface area contributed by atoms with E-state index in [2.05, 4.69) is 27.5 Å². The highest BCUT2D eigenvalue weighted by atomic mass is 19.1. The highest BCUT2D eigenvalue weighted by Gasteiger charge is 2.33. The zero-order valence-electron chi connectivity index (χ0n) is 32.8. The fourth-order valence-electron chi connectivity index (χ4n) is 8.20. The monoisotopic (exact) mass is 795 g/mol. The van der Waals surface area contributed by atoms with Gasteiger partial charge in [-0.15, -0.1) is 0 Å². The van der Waals surface area contributed by atoms with Crippen LogP contribution in [0.5, 0.6) is 0 Å². The molecule has 8 rings (SSSR count). The first-order chi connectivity index (χ1) is 28.0. The van der Waals surface area contributed by atoms with Gasteiger partial charge in [0.05, 0.1) is 11.4 Å². The van der Waals surface area contributed by atoms with E-state index in [0.29, 0.717) is 42.8 Å². The summed E-state index contributed by atoms with van der Waals surface area (Å²) in [5.41, 5.74) is 3.61. The van der Waals surface area contributed by atoms with Crippen LogP contribution in [0.2, 0.25) is 0 Å². The number of nitrogens with zero attached hydrogens (tertiary/aromatic N) is 5. The van der Waals surface area contributed by atoms with Gasteiger partial charge in [0.15, 0.2) is 0 Å². The summed E-state index contributed by atoms with van der Waals surface area (Å²) in [5.74, 6) is -3.82. The molecule has 58 heavy (non-hydrogen) atoms. The Morgan fingerprint density at radius 2 is 1.57 bits per heavy atom. The number of H-pyrrole nitrogens is 1. The van der Waals surface area contributed by atoms with Crippen LogP contribution in [0.1, 0.15) is 84.8 Å². The van der Waals surface area contributed by atoms with Gasteiger partial charge in [-0.2, -0.15) is 5.10 Å². The fourth-order valence-corrected chi connectivity index (χ4v) is 8.20. The molecular weight excluding hydrogens is 748 g/mol. The van der Waals surface area contributed by atoms with E-state index in [-0.39, 0.29) is 41.7 Å². The number of benzene rings is 3. The molecule has 3 fully saturated rings. The Bertz CT molecular complexity index is 2250. The lowest BCUT2D eigenvalue weighted by atomic mass is 9.87. The first-order valence-corrected chi connectivity index (χ1v) is 19.9. The number of likely N-dealkylation sites (tertiary alicyclic amines) is 1. The summed E-state index contributed by atoms with van der Waals surface area (Å²) in [4.78, 5) is 56.1. The molecule has 0 saturated carbocycles. The van der Waals surface area contributed by atoms with Gasteiger partial charge in [-0.1, -0.05) is 30.3 Å². The number of aromatic nitrogens is 3. The maximum Gasteiger partial charge on any atom is 0.269 e. The number of fused-ring (bicyclic) bond motifs is 1. The first kappa shape index (κ1) is 40.3. The van der Waals surface area contributed by atoms with Crippen molar-refractivity contribution >= 4 is 40.2 Å². The summed E-state index contributed by atoms with van der Waals surface area (Å²) in [7, 11) is 3.29. The zero-order valence-corrected chi connectivity index (χ0v) is 32.8. The van der Waals surface area contributed by atoms with E-state index in [1.807, 2.05) is 38.9 Å². The summed E-state index contributed by atoms with van der Waals surface area (Å²) < 4.78 is 46.5. The number of anilines is 1. The third-order valence-electron chi connectivity index (χ3n) is 11.4. The van der Waals surface area contributed by atoms with Gasteiger partial charge in [0.2, 0.25) is 17.7 Å². The molecule has 0 aliphatic carbocycles. The number of hydrogen-bond donors (Lipinski definition) is 2. The Morgan fingerprint density at radius 1 is 0.862 bits per heavy atom. The lowest BCUT2D eigenvalue weighted by Gasteiger charge is -2.34. The minimum Gasteiger partial charge on any atom is -0.371 e. The number of piperidine rings is 3. The molecule has 3 aliphatic rings. The number of aryl methyl sites for hydroxylation is 1. The number of carbonyl (C=O) groups is 4. The Balaban J connectivity index is 0.000000286. The molecule has 5 heterocycles. The predicted octanol–water partition coefficient (Wildman–Crippen LogP) is 7.14. The molecule has 3 aliphatic heterocycles. The third-order valence-corrected chi connectivity index (χ3v) is 11.4. The van der Waals surface area contributed by atoms with Crippen LogP contribution in [-0.4, -0.2) is 88.5 Å². The van der Waals surface area contributed by atoms with E-state index in [1.165, 1.54) is 29.5 Å². The lowest BCUT2D eigenvalue weighted by molar-refractivity contribution is -0.134. The van der Waals surface area contributed by atoms with Gasteiger partial charge >= 0.3 is 0 Å². The number of nitrogens with one attached hydrogen (secondary N) is 2. The summed E-state index contributed by atoms with van der Waals surface area (Å²) in [6.45, 7) is 3.79. The predicted molar refractivity (Wildman–Crippen MR) is 215 cm³/mol. The Hall–Kier alpha value is -5.92. The summed E-state index contributed by atoms with van der Waals surface area (Å²) >= 11 is 0. The Labute approximate surface area is 335 Å². The van der Waals surface area contributed by atoms with Crippen molar-refractivity contribution in [1.29, 1.82) is 0 Å². The van der Waals surface area contributed by atoms with E-state index in [0.717, 1.165) is 55.5 Å². The second kappa shape index (κ2) is 17.7. The molecule has 5 aromatic rings. The van der Waals surface area contributed by atoms with Gasteiger partial charge in [0, 0.05) is 88.7 Å². The van der Waals surface area contributed by atoms with Crippen LogP contribution in [0.25, 0.3) is 22.0 Å². The highest BCUT2D eigenvalue weighted by Crippen LogP contribution is 2.37. The maximum absolute atomic E-state index is 15.1. The number of carbonyl (C=O) groups excluding carboxylic acids is 4. The van der Waals surface area contributed by atoms with Crippen molar-refractivity contribution < 1.29 is 32.3 Å². The quantitative estimate of drug-likeness (QED) is 0.161. The second-order valence-electron chi connectivity index (χ2n) is 15.4. The molecule has 3 saturated heterocycles. The fraction of sp³-hybridized carbons (Fsp3) is 0.386. The molecule has 304 valence electrons. The van der Waals surface area contributed by atoms with Crippen molar-refractivity contribution in [1.82, 2.24) is 29.9 Å². The van der Waals surface area contributed by atoms with E-state index >= 15 is 8.78 Å². The molecular formula is C44H48F3N7O4. The van der Waals surface area contributed by atoms with Crippen LogP contribution >= 0.6 is 0 Å². The topological polar surface area (TPSA) is 124 Å². The SMILES string of the molecule is CN(C)C(=O)c1cc2c(-c3ccc(C4CCN(c5cc(F)c(C6CCC(=O)NC6=O)c(F)c5)CC4)cc3)ccc(F)c2[nH]1.O=C(CCn1cccn1)N1CCCCC1. The van der Waals surface area contributed by atoms with Crippen LogP contribution < -0.4 is 10.2 Å². The van der Waals surface area contributed by atoms with Crippen molar-refractivity contribution in [2.75, 3.05) is 45.2 Å². The van der Waals surface area contributed by atoms with Gasteiger partial charge < -0.3 is 19.7 Å². The normalized spacial score (nSPS) is 17.5. The zero-order chi connectivity index (χ0) is 40.9. The van der Waals surface area contributed by atoms with E-state index in [1.54, 1.807) is 32.4 Å². The molecule has 11 nitrogen and oxygen atoms in total. The molecule has 2 aromatic heterocycles. The minimum atomic E-state index is -1.02. The number of imide groups is 1. The number of amides is 4. The number of rotatable bonds is 8. The number of aromatic amines is 1. The maximum atomic E-state index is 15.1. The molecule has 4 amide bonds. The van der Waals surface area contributed by atoms with Gasteiger partial charge in [-0.25, -0.2) is 13.2 Å². The standard InChI is InChI=1S/C33H31F3N4O3.C11H17N3O/c1-39(2)33(43)28-17-24-22(7-9-25(34)31(24)37-28)20-5-3-18(4-6-20)19-11-13-40(14-12-19)21-15-26(35)30(27(36)16-21)23-8-10-29(41)38-32(23)42;15-11(13-7-2-1-3-8-13)5-10-14-9-4-6-12-14/h3-7,9,15-17,19,23,37H,8,10-14H2,1-2H3,(H,38,41,42);4,6,9H,1-3,5,7-8,10H2. The molecule has 3 aromatic carbocycles. The summed E-state index contributed by atoms with van der Waals surface area (Å²) in [5, 5.41) is 6.87. The molecule has 1 unspecified atom stereocenters. The van der Waals surface area contributed by atoms with Crippen molar-refractivity contribution in [3.63, 3.8) is 0 Å². The van der Waals surface area contributed by atoms with Crippen LogP contribution in [-0.2, 0) is 20.9 Å². The van der Waals surface area contributed by atoms with Crippen molar-refractivity contribution in [3.05, 3.63) is 107 Å². The molecule has 0 spiro atoms. The molecule has 1 atom stereocenters. The van der Waals surface area contributed by atoms with Gasteiger partial charge in [0.1, 0.15) is 23.1 Å². The van der Waals surface area contributed by atoms with Gasteiger partial charge in [0.25, 0.3) is 5.91 Å². The Kier molecular flexibility index (Phi) is 12.3. The van der Waals surface area contributed by atoms with E-state index in [9.17, 15) is 23.6 Å². The van der Waals surface area contributed by atoms with Gasteiger partial charge in [-0.05, 0) is 91.5 Å². The van der Waals surface area contributed by atoms with Gasteiger partial charge in [-0.3, -0.25) is 29.2 Å². The van der Waals surface area contributed by atoms with E-state index < -0.39 is 35.2 Å². The largest absolute Gasteiger partial charge is 0.371 e. The molecule has 0 radical (unpaired) electrons. The van der Waals surface area contributed by atoms with Crippen LogP contribution in [0.4, 0.5) is 18.9 Å². The first-order valence-electron chi connectivity index (χ1n) is 19.9. The average Bonchev–Trinajstić information content (AvgIpc) is 3.93. The van der Waals surface area contributed by atoms with Crippen molar-refractivity contribution in [3.8, 4) is 11.1 Å². The van der Waals surface area contributed by atoms with Crippen LogP contribution in [0.3, 0.4) is 0 Å². The number of hydrogen-bond acceptors (Lipinski definition) is 6. The van der Waals surface area contributed by atoms with Crippen molar-refractivity contribution in [2.24, 2.45) is 0 Å². The van der Waals surface area contributed by atoms with Crippen LogP contribution in [0.15, 0.2) is 73.1 Å². The van der Waals surface area contributed by atoms with Crippen molar-refractivity contribution in [2.45, 2.75) is 69.7 Å². The smallest absolute Gasteiger partial charge is 0.269 e.